The fourth-order valence-electron chi connectivity index (χ4n) is 4.19. The van der Waals surface area contributed by atoms with Gasteiger partial charge in [0, 0.05) is 30.8 Å². The lowest BCUT2D eigenvalue weighted by Gasteiger charge is -2.24. The normalized spacial score (nSPS) is 15.6. The second-order valence-electron chi connectivity index (χ2n) is 10.4. The Kier molecular flexibility index (Phi) is 7.86. The van der Waals surface area contributed by atoms with Crippen molar-refractivity contribution in [2.24, 2.45) is 0 Å². The number of nitrogens with one attached hydrogen (secondary N) is 1. The summed E-state index contributed by atoms with van der Waals surface area (Å²) in [4.78, 5) is 30.4. The Morgan fingerprint density at radius 1 is 1.12 bits per heavy atom. The molecule has 4 aromatic rings. The minimum atomic E-state index is -4.47. The van der Waals surface area contributed by atoms with E-state index in [1.165, 1.54) is 18.6 Å². The summed E-state index contributed by atoms with van der Waals surface area (Å²) in [5.74, 6) is -1.98. The molecule has 0 saturated carbocycles. The number of carbonyl (C=O) groups is 1. The number of pyridine rings is 2. The SMILES string of the molecule is CC(C)(C)OC(=O)N1CC[C@H](Oc2ncnc3ccc(-c4cnc(Cl)c(NS(=O)(=O)c5ccc(F)cc5F)c4)nc23)C1. The Hall–Kier alpha value is -4.17. The molecule has 3 aromatic heterocycles. The van der Waals surface area contributed by atoms with Crippen LogP contribution in [0.25, 0.3) is 22.3 Å². The Morgan fingerprint density at radius 2 is 1.90 bits per heavy atom. The number of likely N-dealkylation sites (tertiary alicyclic amines) is 1. The van der Waals surface area contributed by atoms with E-state index in [1.807, 2.05) is 0 Å². The molecule has 1 N–H and O–H groups in total. The molecule has 1 amide bonds. The minimum absolute atomic E-state index is 0.145. The molecule has 11 nitrogen and oxygen atoms in total. The third-order valence-electron chi connectivity index (χ3n) is 6.09. The number of anilines is 1. The first kappa shape index (κ1) is 29.3. The van der Waals surface area contributed by atoms with Crippen LogP contribution < -0.4 is 9.46 Å². The van der Waals surface area contributed by atoms with Gasteiger partial charge in [-0.3, -0.25) is 4.72 Å². The van der Waals surface area contributed by atoms with Gasteiger partial charge in [0.15, 0.2) is 10.7 Å². The standard InChI is InChI=1S/C27H25ClF2N6O5S/c1-27(2,3)41-26(37)36-9-8-17(13-36)40-25-23-20(32-14-33-25)6-5-19(34-23)15-10-21(24(28)31-12-15)35-42(38,39)22-7-4-16(29)11-18(22)30/h4-7,10-12,14,17,35H,8-9,13H2,1-3H3/t17-/m0/s1. The van der Waals surface area contributed by atoms with Crippen LogP contribution in [0.3, 0.4) is 0 Å². The first-order valence-electron chi connectivity index (χ1n) is 12.7. The van der Waals surface area contributed by atoms with Gasteiger partial charge in [-0.25, -0.2) is 36.9 Å². The van der Waals surface area contributed by atoms with Crippen LogP contribution in [0.15, 0.2) is 53.8 Å². The number of fused-ring (bicyclic) bond motifs is 1. The molecule has 0 spiro atoms. The number of hydrogen-bond donors (Lipinski definition) is 1. The van der Waals surface area contributed by atoms with Crippen LogP contribution in [0.5, 0.6) is 5.88 Å². The maximum absolute atomic E-state index is 14.2. The summed E-state index contributed by atoms with van der Waals surface area (Å²) >= 11 is 6.14. The van der Waals surface area contributed by atoms with Gasteiger partial charge in [0.25, 0.3) is 10.0 Å². The Labute approximate surface area is 244 Å². The molecule has 1 aromatic carbocycles. The van der Waals surface area contributed by atoms with Crippen molar-refractivity contribution in [2.75, 3.05) is 17.8 Å². The van der Waals surface area contributed by atoms with Gasteiger partial charge >= 0.3 is 6.09 Å². The predicted molar refractivity (Wildman–Crippen MR) is 150 cm³/mol. The topological polar surface area (TPSA) is 136 Å². The molecule has 1 aliphatic rings. The quantitative estimate of drug-likeness (QED) is 0.289. The predicted octanol–water partition coefficient (Wildman–Crippen LogP) is 5.21. The summed E-state index contributed by atoms with van der Waals surface area (Å²) < 4.78 is 66.8. The molecular formula is C27H25ClF2N6O5S. The second kappa shape index (κ2) is 11.2. The number of rotatable bonds is 6. The van der Waals surface area contributed by atoms with Crippen molar-refractivity contribution in [1.82, 2.24) is 24.8 Å². The maximum Gasteiger partial charge on any atom is 0.410 e. The molecule has 0 aliphatic carbocycles. The Balaban J connectivity index is 1.40. The van der Waals surface area contributed by atoms with Crippen molar-refractivity contribution >= 4 is 44.4 Å². The highest BCUT2D eigenvalue weighted by Crippen LogP contribution is 2.31. The highest BCUT2D eigenvalue weighted by Gasteiger charge is 2.31. The average molecular weight is 619 g/mol. The maximum atomic E-state index is 14.2. The molecule has 5 rings (SSSR count). The first-order chi connectivity index (χ1) is 19.8. The number of amides is 1. The lowest BCUT2D eigenvalue weighted by Crippen LogP contribution is -2.36. The molecule has 1 atom stereocenters. The van der Waals surface area contributed by atoms with Crippen LogP contribution in [0.2, 0.25) is 5.15 Å². The van der Waals surface area contributed by atoms with E-state index in [-0.39, 0.29) is 22.8 Å². The fourth-order valence-corrected chi connectivity index (χ4v) is 5.52. The molecule has 0 bridgehead atoms. The van der Waals surface area contributed by atoms with E-state index in [9.17, 15) is 22.0 Å². The number of benzene rings is 1. The number of nitrogens with zero attached hydrogens (tertiary/aromatic N) is 5. The number of aromatic nitrogens is 4. The smallest absolute Gasteiger partial charge is 0.410 e. The van der Waals surface area contributed by atoms with Gasteiger partial charge in [-0.15, -0.1) is 0 Å². The summed E-state index contributed by atoms with van der Waals surface area (Å²) in [6.45, 7) is 6.15. The largest absolute Gasteiger partial charge is 0.471 e. The van der Waals surface area contributed by atoms with Crippen LogP contribution in [0.4, 0.5) is 19.3 Å². The number of hydrogen-bond acceptors (Lipinski definition) is 9. The molecule has 1 fully saturated rings. The highest BCUT2D eigenvalue weighted by molar-refractivity contribution is 7.92. The van der Waals surface area contributed by atoms with E-state index in [4.69, 9.17) is 21.1 Å². The summed E-state index contributed by atoms with van der Waals surface area (Å²) in [7, 11) is -4.47. The van der Waals surface area contributed by atoms with E-state index in [0.29, 0.717) is 47.9 Å². The van der Waals surface area contributed by atoms with Crippen molar-refractivity contribution in [2.45, 2.75) is 43.8 Å². The van der Waals surface area contributed by atoms with Gasteiger partial charge in [-0.1, -0.05) is 11.6 Å². The fraction of sp³-hybridized carbons (Fsp3) is 0.296. The lowest BCUT2D eigenvalue weighted by molar-refractivity contribution is 0.0275. The molecule has 0 unspecified atom stereocenters. The van der Waals surface area contributed by atoms with Gasteiger partial charge < -0.3 is 14.4 Å². The third kappa shape index (κ3) is 6.49. The van der Waals surface area contributed by atoms with E-state index < -0.39 is 38.2 Å². The van der Waals surface area contributed by atoms with Gasteiger partial charge in [0.05, 0.1) is 23.4 Å². The zero-order chi connectivity index (χ0) is 30.2. The molecule has 42 heavy (non-hydrogen) atoms. The van der Waals surface area contributed by atoms with Crippen molar-refractivity contribution in [3.63, 3.8) is 0 Å². The van der Waals surface area contributed by atoms with Gasteiger partial charge in [0.2, 0.25) is 5.88 Å². The molecular weight excluding hydrogens is 594 g/mol. The van der Waals surface area contributed by atoms with Crippen LogP contribution in [-0.2, 0) is 14.8 Å². The summed E-state index contributed by atoms with van der Waals surface area (Å²) in [5, 5.41) is -0.200. The zero-order valence-corrected chi connectivity index (χ0v) is 24.2. The van der Waals surface area contributed by atoms with Crippen molar-refractivity contribution in [3.8, 4) is 17.1 Å². The van der Waals surface area contributed by atoms with Gasteiger partial charge in [-0.05, 0) is 51.1 Å². The highest BCUT2D eigenvalue weighted by atomic mass is 35.5. The van der Waals surface area contributed by atoms with Crippen LogP contribution in [0, 0.1) is 11.6 Å². The van der Waals surface area contributed by atoms with E-state index in [0.717, 1.165) is 12.1 Å². The Morgan fingerprint density at radius 3 is 2.64 bits per heavy atom. The summed E-state index contributed by atoms with van der Waals surface area (Å²) in [6.07, 6.45) is 2.50. The van der Waals surface area contributed by atoms with Crippen molar-refractivity contribution in [3.05, 3.63) is 65.7 Å². The summed E-state index contributed by atoms with van der Waals surface area (Å²) in [5.41, 5.74) is 0.782. The van der Waals surface area contributed by atoms with Crippen molar-refractivity contribution in [1.29, 1.82) is 0 Å². The number of ether oxygens (including phenoxy) is 2. The van der Waals surface area contributed by atoms with Gasteiger partial charge in [0.1, 0.15) is 34.6 Å². The molecule has 0 radical (unpaired) electrons. The Bertz CT molecular complexity index is 1790. The van der Waals surface area contributed by atoms with Crippen LogP contribution >= 0.6 is 11.6 Å². The van der Waals surface area contributed by atoms with Crippen LogP contribution in [-0.4, -0.2) is 64.1 Å². The molecule has 15 heteroatoms. The molecule has 4 heterocycles. The lowest BCUT2D eigenvalue weighted by atomic mass is 10.1. The number of carbonyl (C=O) groups excluding carboxylic acids is 1. The number of halogens is 3. The van der Waals surface area contributed by atoms with E-state index in [1.54, 1.807) is 37.8 Å². The van der Waals surface area contributed by atoms with E-state index in [2.05, 4.69) is 24.7 Å². The summed E-state index contributed by atoms with van der Waals surface area (Å²) in [6, 6.07) is 6.80. The van der Waals surface area contributed by atoms with Gasteiger partial charge in [-0.2, -0.15) is 4.98 Å². The minimum Gasteiger partial charge on any atom is -0.471 e. The van der Waals surface area contributed by atoms with E-state index >= 15 is 0 Å². The third-order valence-corrected chi connectivity index (χ3v) is 7.79. The molecule has 220 valence electrons. The number of sulfonamides is 1. The average Bonchev–Trinajstić information content (AvgIpc) is 3.37. The van der Waals surface area contributed by atoms with Crippen LogP contribution in [0.1, 0.15) is 27.2 Å². The second-order valence-corrected chi connectivity index (χ2v) is 12.4. The molecule has 1 aliphatic heterocycles. The zero-order valence-electron chi connectivity index (χ0n) is 22.6. The molecule has 1 saturated heterocycles. The van der Waals surface area contributed by atoms with Crippen molar-refractivity contribution < 1.29 is 31.5 Å². The first-order valence-corrected chi connectivity index (χ1v) is 14.6. The monoisotopic (exact) mass is 618 g/mol.